The van der Waals surface area contributed by atoms with Crippen LogP contribution in [0.5, 0.6) is 5.75 Å². The molecule has 7 nitrogen and oxygen atoms in total. The third kappa shape index (κ3) is 4.02. The Bertz CT molecular complexity index is 1070. The molecular weight excluding hydrogens is 407 g/mol. The van der Waals surface area contributed by atoms with E-state index < -0.39 is 5.91 Å². The number of nitrogens with one attached hydrogen (secondary N) is 1. The second kappa shape index (κ2) is 8.58. The van der Waals surface area contributed by atoms with Crippen LogP contribution in [0.2, 0.25) is 0 Å². The molecule has 0 unspecified atom stereocenters. The summed E-state index contributed by atoms with van der Waals surface area (Å²) in [6.07, 6.45) is 1.58. The van der Waals surface area contributed by atoms with Gasteiger partial charge in [0.1, 0.15) is 16.6 Å². The van der Waals surface area contributed by atoms with Gasteiger partial charge in [-0.1, -0.05) is 23.5 Å². The number of carbonyl (C=O) groups is 2. The average molecular weight is 426 g/mol. The molecule has 0 aliphatic carbocycles. The number of hydrogen-bond donors (Lipinski definition) is 1. The van der Waals surface area contributed by atoms with Crippen molar-refractivity contribution < 1.29 is 18.7 Å². The maximum Gasteiger partial charge on any atom is 0.286 e. The van der Waals surface area contributed by atoms with Crippen LogP contribution >= 0.6 is 11.3 Å². The van der Waals surface area contributed by atoms with Crippen LogP contribution in [-0.2, 0) is 0 Å². The number of benzene rings is 2. The maximum atomic E-state index is 13.1. The number of amides is 2. The van der Waals surface area contributed by atoms with Crippen molar-refractivity contribution in [1.29, 1.82) is 0 Å². The van der Waals surface area contributed by atoms with Crippen LogP contribution in [0.25, 0.3) is 0 Å². The predicted molar refractivity (Wildman–Crippen MR) is 110 cm³/mol. The molecule has 1 atom stereocenters. The van der Waals surface area contributed by atoms with E-state index in [9.17, 15) is 14.0 Å². The summed E-state index contributed by atoms with van der Waals surface area (Å²) < 4.78 is 18.3. The summed E-state index contributed by atoms with van der Waals surface area (Å²) in [6.45, 7) is 0.595. The van der Waals surface area contributed by atoms with Gasteiger partial charge in [-0.05, 0) is 49.2 Å². The third-order valence-electron chi connectivity index (χ3n) is 4.87. The molecule has 1 aromatic heterocycles. The van der Waals surface area contributed by atoms with Crippen LogP contribution in [0.1, 0.15) is 44.1 Å². The van der Waals surface area contributed by atoms with E-state index in [4.69, 9.17) is 4.74 Å². The lowest BCUT2D eigenvalue weighted by Gasteiger charge is -2.23. The van der Waals surface area contributed by atoms with Gasteiger partial charge in [0.25, 0.3) is 11.8 Å². The Morgan fingerprint density at radius 1 is 1.17 bits per heavy atom. The number of para-hydroxylation sites is 1. The maximum absolute atomic E-state index is 13.1. The summed E-state index contributed by atoms with van der Waals surface area (Å²) in [7, 11) is 1.53. The normalized spacial score (nSPS) is 15.8. The van der Waals surface area contributed by atoms with Crippen molar-refractivity contribution in [3.63, 3.8) is 0 Å². The second-order valence-corrected chi connectivity index (χ2v) is 7.77. The topological polar surface area (TPSA) is 84.4 Å². The summed E-state index contributed by atoms with van der Waals surface area (Å²) in [4.78, 5) is 27.3. The van der Waals surface area contributed by atoms with Gasteiger partial charge in [0.05, 0.1) is 18.7 Å². The van der Waals surface area contributed by atoms with Gasteiger partial charge in [-0.15, -0.1) is 10.2 Å². The largest absolute Gasteiger partial charge is 0.496 e. The summed E-state index contributed by atoms with van der Waals surface area (Å²) in [6, 6.07) is 12.3. The molecule has 2 amide bonds. The Hall–Kier alpha value is -3.33. The smallest absolute Gasteiger partial charge is 0.286 e. The number of rotatable bonds is 5. The summed E-state index contributed by atoms with van der Waals surface area (Å²) in [5.74, 6) is -0.426. The Morgan fingerprint density at radius 2 is 1.93 bits per heavy atom. The number of likely N-dealkylation sites (tertiary alicyclic amines) is 1. The number of aromatic nitrogens is 2. The van der Waals surface area contributed by atoms with Crippen molar-refractivity contribution in [3.05, 3.63) is 69.9 Å². The van der Waals surface area contributed by atoms with Crippen LogP contribution in [0.15, 0.2) is 48.5 Å². The Balaban J connectivity index is 1.51. The van der Waals surface area contributed by atoms with Crippen molar-refractivity contribution in [3.8, 4) is 5.75 Å². The molecule has 3 aromatic rings. The Kier molecular flexibility index (Phi) is 5.71. The highest BCUT2D eigenvalue weighted by molar-refractivity contribution is 7.13. The number of ether oxygens (including phenoxy) is 1. The SMILES string of the molecule is COc1ccccc1C(=O)N1CCC[C@H]1c1nnc(C(=O)Nc2ccc(F)cc2)s1. The number of methoxy groups -OCH3 is 1. The van der Waals surface area contributed by atoms with Gasteiger partial charge in [0, 0.05) is 12.2 Å². The molecule has 2 heterocycles. The molecule has 4 rings (SSSR count). The van der Waals surface area contributed by atoms with Gasteiger partial charge in [0.2, 0.25) is 5.01 Å². The van der Waals surface area contributed by atoms with Crippen LogP contribution in [0.4, 0.5) is 10.1 Å². The van der Waals surface area contributed by atoms with Crippen LogP contribution in [-0.4, -0.2) is 40.6 Å². The van der Waals surface area contributed by atoms with Crippen molar-refractivity contribution >= 4 is 28.8 Å². The fourth-order valence-electron chi connectivity index (χ4n) is 3.42. The predicted octanol–water partition coefficient (Wildman–Crippen LogP) is 3.92. The molecule has 154 valence electrons. The molecule has 1 aliphatic rings. The van der Waals surface area contributed by atoms with Crippen LogP contribution < -0.4 is 10.1 Å². The van der Waals surface area contributed by atoms with Crippen molar-refractivity contribution in [2.45, 2.75) is 18.9 Å². The van der Waals surface area contributed by atoms with Crippen LogP contribution in [0.3, 0.4) is 0 Å². The highest BCUT2D eigenvalue weighted by Gasteiger charge is 2.34. The van der Waals surface area contributed by atoms with E-state index in [2.05, 4.69) is 15.5 Å². The zero-order valence-corrected chi connectivity index (χ0v) is 17.0. The quantitative estimate of drug-likeness (QED) is 0.669. The first kappa shape index (κ1) is 20.0. The van der Waals surface area contributed by atoms with E-state index in [0.29, 0.717) is 28.6 Å². The second-order valence-electron chi connectivity index (χ2n) is 6.76. The van der Waals surface area contributed by atoms with Crippen molar-refractivity contribution in [1.82, 2.24) is 15.1 Å². The van der Waals surface area contributed by atoms with Crippen LogP contribution in [0, 0.1) is 5.82 Å². The lowest BCUT2D eigenvalue weighted by Crippen LogP contribution is -2.30. The van der Waals surface area contributed by atoms with Crippen molar-refractivity contribution in [2.75, 3.05) is 19.0 Å². The molecule has 30 heavy (non-hydrogen) atoms. The molecule has 0 saturated carbocycles. The van der Waals surface area contributed by atoms with Gasteiger partial charge in [-0.25, -0.2) is 4.39 Å². The number of anilines is 1. The molecule has 0 bridgehead atoms. The van der Waals surface area contributed by atoms with Gasteiger partial charge in [0.15, 0.2) is 0 Å². The molecule has 1 fully saturated rings. The van der Waals surface area contributed by atoms with Gasteiger partial charge < -0.3 is 15.0 Å². The van der Waals surface area contributed by atoms with Gasteiger partial charge >= 0.3 is 0 Å². The first-order valence-corrected chi connectivity index (χ1v) is 10.2. The zero-order valence-electron chi connectivity index (χ0n) is 16.2. The first-order chi connectivity index (χ1) is 14.6. The molecule has 0 radical (unpaired) electrons. The zero-order chi connectivity index (χ0) is 21.1. The number of halogens is 1. The number of carbonyl (C=O) groups excluding carboxylic acids is 2. The van der Waals surface area contributed by atoms with E-state index in [1.807, 2.05) is 6.07 Å². The number of hydrogen-bond acceptors (Lipinski definition) is 6. The monoisotopic (exact) mass is 426 g/mol. The van der Waals surface area contributed by atoms with Gasteiger partial charge in [-0.2, -0.15) is 0 Å². The lowest BCUT2D eigenvalue weighted by molar-refractivity contribution is 0.0731. The van der Waals surface area contributed by atoms with E-state index in [-0.39, 0.29) is 22.8 Å². The molecule has 1 aliphatic heterocycles. The van der Waals surface area contributed by atoms with E-state index >= 15 is 0 Å². The highest BCUT2D eigenvalue weighted by atomic mass is 32.1. The summed E-state index contributed by atoms with van der Waals surface area (Å²) in [5.41, 5.74) is 0.956. The van der Waals surface area contributed by atoms with E-state index in [1.165, 1.54) is 31.4 Å². The molecule has 2 aromatic carbocycles. The molecule has 1 saturated heterocycles. The average Bonchev–Trinajstić information content (AvgIpc) is 3.44. The first-order valence-electron chi connectivity index (χ1n) is 9.41. The summed E-state index contributed by atoms with van der Waals surface area (Å²) >= 11 is 1.15. The summed E-state index contributed by atoms with van der Waals surface area (Å²) in [5, 5.41) is 11.6. The minimum atomic E-state index is -0.425. The lowest BCUT2D eigenvalue weighted by atomic mass is 10.1. The molecule has 9 heteroatoms. The Morgan fingerprint density at radius 3 is 2.70 bits per heavy atom. The standard InChI is InChI=1S/C21H19FN4O3S/c1-29-17-7-3-2-5-15(17)21(28)26-12-4-6-16(26)19-24-25-20(30-19)18(27)23-14-10-8-13(22)9-11-14/h2-3,5,7-11,16H,4,6,12H2,1H3,(H,23,27)/t16-/m0/s1. The minimum Gasteiger partial charge on any atom is -0.496 e. The van der Waals surface area contributed by atoms with E-state index in [0.717, 1.165) is 24.2 Å². The minimum absolute atomic E-state index is 0.137. The van der Waals surface area contributed by atoms with Gasteiger partial charge in [-0.3, -0.25) is 9.59 Å². The molecular formula is C21H19FN4O3S. The Labute approximate surface area is 176 Å². The van der Waals surface area contributed by atoms with Crippen molar-refractivity contribution in [2.24, 2.45) is 0 Å². The third-order valence-corrected chi connectivity index (χ3v) is 5.90. The molecule has 0 spiro atoms. The fourth-order valence-corrected chi connectivity index (χ4v) is 4.31. The fraction of sp³-hybridized carbons (Fsp3) is 0.238. The highest BCUT2D eigenvalue weighted by Crippen LogP contribution is 2.36. The number of nitrogens with zero attached hydrogens (tertiary/aromatic N) is 3. The molecule has 1 N–H and O–H groups in total. The van der Waals surface area contributed by atoms with E-state index in [1.54, 1.807) is 23.1 Å².